The molecule has 0 aliphatic heterocycles. The molecule has 1 aliphatic rings. The molecule has 1 amide bonds. The Morgan fingerprint density at radius 3 is 2.94 bits per heavy atom. The van der Waals surface area contributed by atoms with Gasteiger partial charge >= 0.3 is 0 Å². The first-order chi connectivity index (χ1) is 8.83. The van der Waals surface area contributed by atoms with Crippen molar-refractivity contribution in [2.24, 2.45) is 5.92 Å². The molecular formula is C14H16N2O2. The fourth-order valence-corrected chi connectivity index (χ4v) is 2.54. The molecule has 0 spiro atoms. The van der Waals surface area contributed by atoms with E-state index < -0.39 is 0 Å². The number of oxazole rings is 1. The fourth-order valence-electron chi connectivity index (χ4n) is 2.54. The number of hydrogen-bond acceptors (Lipinski definition) is 3. The number of benzene rings is 1. The molecule has 1 heterocycles. The normalized spacial score (nSPS) is 16.9. The maximum atomic E-state index is 12.1. The van der Waals surface area contributed by atoms with Crippen molar-refractivity contribution in [1.29, 1.82) is 0 Å². The molecule has 0 radical (unpaired) electrons. The monoisotopic (exact) mass is 244 g/mol. The Morgan fingerprint density at radius 1 is 1.28 bits per heavy atom. The predicted octanol–water partition coefficient (Wildman–Crippen LogP) is 3.35. The standard InChI is InChI=1S/C14H16N2O2/c17-14(10-4-2-1-3-5-10)16-11-6-7-13-12(8-11)15-9-18-13/h6-10H,1-5H2,(H,16,17). The van der Waals surface area contributed by atoms with Crippen LogP contribution in [0.1, 0.15) is 32.1 Å². The fraction of sp³-hybridized carbons (Fsp3) is 0.429. The van der Waals surface area contributed by atoms with Gasteiger partial charge in [-0.05, 0) is 31.0 Å². The van der Waals surface area contributed by atoms with Gasteiger partial charge in [-0.15, -0.1) is 0 Å². The molecule has 0 saturated heterocycles. The zero-order valence-electron chi connectivity index (χ0n) is 10.2. The summed E-state index contributed by atoms with van der Waals surface area (Å²) >= 11 is 0. The van der Waals surface area contributed by atoms with Gasteiger partial charge in [0, 0.05) is 11.6 Å². The Bertz CT molecular complexity index is 556. The Labute approximate surface area is 105 Å². The first kappa shape index (κ1) is 11.3. The van der Waals surface area contributed by atoms with Gasteiger partial charge in [0.25, 0.3) is 0 Å². The number of aromatic nitrogens is 1. The van der Waals surface area contributed by atoms with Crippen LogP contribution >= 0.6 is 0 Å². The van der Waals surface area contributed by atoms with Crippen molar-refractivity contribution >= 4 is 22.7 Å². The van der Waals surface area contributed by atoms with Crippen LogP contribution in [-0.2, 0) is 4.79 Å². The van der Waals surface area contributed by atoms with Crippen LogP contribution in [0.2, 0.25) is 0 Å². The zero-order chi connectivity index (χ0) is 12.4. The van der Waals surface area contributed by atoms with Gasteiger partial charge < -0.3 is 9.73 Å². The molecule has 18 heavy (non-hydrogen) atoms. The van der Waals surface area contributed by atoms with Crippen molar-refractivity contribution < 1.29 is 9.21 Å². The molecule has 0 bridgehead atoms. The summed E-state index contributed by atoms with van der Waals surface area (Å²) in [5.41, 5.74) is 2.31. The lowest BCUT2D eigenvalue weighted by Gasteiger charge is -2.20. The van der Waals surface area contributed by atoms with Gasteiger partial charge in [0.15, 0.2) is 12.0 Å². The predicted molar refractivity (Wildman–Crippen MR) is 69.2 cm³/mol. The highest BCUT2D eigenvalue weighted by Gasteiger charge is 2.21. The molecule has 94 valence electrons. The maximum Gasteiger partial charge on any atom is 0.227 e. The third-order valence-corrected chi connectivity index (χ3v) is 3.57. The summed E-state index contributed by atoms with van der Waals surface area (Å²) in [4.78, 5) is 16.2. The molecular weight excluding hydrogens is 228 g/mol. The van der Waals surface area contributed by atoms with E-state index in [9.17, 15) is 4.79 Å². The molecule has 1 aliphatic carbocycles. The van der Waals surface area contributed by atoms with Crippen LogP contribution in [-0.4, -0.2) is 10.9 Å². The van der Waals surface area contributed by atoms with Gasteiger partial charge in [-0.3, -0.25) is 4.79 Å². The van der Waals surface area contributed by atoms with Crippen molar-refractivity contribution in [2.45, 2.75) is 32.1 Å². The Kier molecular flexibility index (Phi) is 3.00. The Balaban J connectivity index is 1.72. The van der Waals surface area contributed by atoms with Crippen LogP contribution in [0, 0.1) is 5.92 Å². The molecule has 4 nitrogen and oxygen atoms in total. The number of rotatable bonds is 2. The minimum Gasteiger partial charge on any atom is -0.443 e. The topological polar surface area (TPSA) is 55.1 Å². The highest BCUT2D eigenvalue weighted by Crippen LogP contribution is 2.25. The minimum atomic E-state index is 0.137. The summed E-state index contributed by atoms with van der Waals surface area (Å²) in [7, 11) is 0. The third-order valence-electron chi connectivity index (χ3n) is 3.57. The summed E-state index contributed by atoms with van der Waals surface area (Å²) in [5.74, 6) is 0.310. The average Bonchev–Trinajstić information content (AvgIpc) is 2.87. The largest absolute Gasteiger partial charge is 0.443 e. The molecule has 1 fully saturated rings. The number of carbonyl (C=O) groups excluding carboxylic acids is 1. The molecule has 4 heteroatoms. The summed E-state index contributed by atoms with van der Waals surface area (Å²) in [6.45, 7) is 0. The van der Waals surface area contributed by atoms with E-state index in [1.807, 2.05) is 18.2 Å². The van der Waals surface area contributed by atoms with Crippen molar-refractivity contribution in [3.8, 4) is 0 Å². The molecule has 1 saturated carbocycles. The Hall–Kier alpha value is -1.84. The van der Waals surface area contributed by atoms with Gasteiger partial charge in [0.1, 0.15) is 5.52 Å². The maximum absolute atomic E-state index is 12.1. The van der Waals surface area contributed by atoms with E-state index in [0.29, 0.717) is 0 Å². The molecule has 3 rings (SSSR count). The number of nitrogens with one attached hydrogen (secondary N) is 1. The summed E-state index contributed by atoms with van der Waals surface area (Å²) in [6, 6.07) is 5.53. The van der Waals surface area contributed by atoms with Gasteiger partial charge in [-0.25, -0.2) is 4.98 Å². The van der Waals surface area contributed by atoms with Gasteiger partial charge in [0.2, 0.25) is 5.91 Å². The Morgan fingerprint density at radius 2 is 2.11 bits per heavy atom. The van der Waals surface area contributed by atoms with Crippen molar-refractivity contribution in [1.82, 2.24) is 4.98 Å². The summed E-state index contributed by atoms with van der Waals surface area (Å²) in [6.07, 6.45) is 7.03. The molecule has 0 atom stereocenters. The van der Waals surface area contributed by atoms with E-state index in [-0.39, 0.29) is 11.8 Å². The van der Waals surface area contributed by atoms with E-state index in [2.05, 4.69) is 10.3 Å². The van der Waals surface area contributed by atoms with Crippen LogP contribution in [0.15, 0.2) is 29.0 Å². The lowest BCUT2D eigenvalue weighted by molar-refractivity contribution is -0.120. The van der Waals surface area contributed by atoms with Crippen LogP contribution in [0.4, 0.5) is 5.69 Å². The SMILES string of the molecule is O=C(Nc1ccc2ocnc2c1)C1CCCCC1. The molecule has 1 N–H and O–H groups in total. The molecule has 0 unspecified atom stereocenters. The van der Waals surface area contributed by atoms with Gasteiger partial charge in [0.05, 0.1) is 0 Å². The number of hydrogen-bond donors (Lipinski definition) is 1. The second-order valence-corrected chi connectivity index (χ2v) is 4.86. The van der Waals surface area contributed by atoms with E-state index >= 15 is 0 Å². The average molecular weight is 244 g/mol. The van der Waals surface area contributed by atoms with E-state index in [0.717, 1.165) is 29.6 Å². The van der Waals surface area contributed by atoms with E-state index in [1.165, 1.54) is 25.7 Å². The lowest BCUT2D eigenvalue weighted by Crippen LogP contribution is -2.24. The van der Waals surface area contributed by atoms with Crippen molar-refractivity contribution in [3.05, 3.63) is 24.6 Å². The van der Waals surface area contributed by atoms with E-state index in [4.69, 9.17) is 4.42 Å². The van der Waals surface area contributed by atoms with Crippen molar-refractivity contribution in [2.75, 3.05) is 5.32 Å². The summed E-state index contributed by atoms with van der Waals surface area (Å²) in [5, 5.41) is 2.97. The second-order valence-electron chi connectivity index (χ2n) is 4.86. The summed E-state index contributed by atoms with van der Waals surface area (Å²) < 4.78 is 5.17. The number of anilines is 1. The smallest absolute Gasteiger partial charge is 0.227 e. The lowest BCUT2D eigenvalue weighted by atomic mass is 9.88. The van der Waals surface area contributed by atoms with E-state index in [1.54, 1.807) is 0 Å². The van der Waals surface area contributed by atoms with Crippen LogP contribution in [0.3, 0.4) is 0 Å². The van der Waals surface area contributed by atoms with Crippen LogP contribution < -0.4 is 5.32 Å². The first-order valence-corrected chi connectivity index (χ1v) is 6.47. The number of carbonyl (C=O) groups is 1. The number of nitrogens with zero attached hydrogens (tertiary/aromatic N) is 1. The molecule has 2 aromatic rings. The van der Waals surface area contributed by atoms with Gasteiger partial charge in [-0.2, -0.15) is 0 Å². The van der Waals surface area contributed by atoms with Crippen LogP contribution in [0.5, 0.6) is 0 Å². The number of fused-ring (bicyclic) bond motifs is 1. The van der Waals surface area contributed by atoms with Crippen LogP contribution in [0.25, 0.3) is 11.1 Å². The number of amides is 1. The second kappa shape index (κ2) is 4.80. The third kappa shape index (κ3) is 2.23. The molecule has 1 aromatic carbocycles. The first-order valence-electron chi connectivity index (χ1n) is 6.47. The van der Waals surface area contributed by atoms with Crippen molar-refractivity contribution in [3.63, 3.8) is 0 Å². The highest BCUT2D eigenvalue weighted by molar-refractivity contribution is 5.94. The quantitative estimate of drug-likeness (QED) is 0.881. The highest BCUT2D eigenvalue weighted by atomic mass is 16.3. The molecule has 1 aromatic heterocycles. The minimum absolute atomic E-state index is 0.137. The zero-order valence-corrected chi connectivity index (χ0v) is 10.2. The van der Waals surface area contributed by atoms with Gasteiger partial charge in [-0.1, -0.05) is 19.3 Å².